The van der Waals surface area contributed by atoms with Crippen molar-refractivity contribution in [3.05, 3.63) is 59.7 Å². The number of hydrogen-bond acceptors (Lipinski definition) is 5. The second-order valence-electron chi connectivity index (χ2n) is 7.92. The molecule has 0 saturated heterocycles. The van der Waals surface area contributed by atoms with Crippen molar-refractivity contribution in [1.29, 1.82) is 0 Å². The lowest BCUT2D eigenvalue weighted by atomic mass is 10.1. The summed E-state index contributed by atoms with van der Waals surface area (Å²) in [5.41, 5.74) is 1.53. The molecular weight excluding hydrogens is 445 g/mol. The van der Waals surface area contributed by atoms with E-state index in [9.17, 15) is 18.0 Å². The minimum absolute atomic E-state index is 0.406. The van der Waals surface area contributed by atoms with Crippen LogP contribution in [0.25, 0.3) is 17.2 Å². The Bertz CT molecular complexity index is 1120. The van der Waals surface area contributed by atoms with Crippen molar-refractivity contribution in [3.63, 3.8) is 0 Å². The van der Waals surface area contributed by atoms with Gasteiger partial charge in [-0.2, -0.15) is 18.2 Å². The Kier molecular flexibility index (Phi) is 8.33. The second kappa shape index (κ2) is 11.2. The molecule has 1 amide bonds. The van der Waals surface area contributed by atoms with E-state index in [4.69, 9.17) is 4.42 Å². The molecule has 0 bridgehead atoms. The van der Waals surface area contributed by atoms with Crippen LogP contribution in [0.3, 0.4) is 0 Å². The number of carbonyl (C=O) groups is 1. The van der Waals surface area contributed by atoms with Gasteiger partial charge in [-0.3, -0.25) is 4.79 Å². The minimum atomic E-state index is -4.39. The molecule has 1 heterocycles. The van der Waals surface area contributed by atoms with Crippen molar-refractivity contribution in [3.8, 4) is 0 Å². The van der Waals surface area contributed by atoms with E-state index >= 15 is 0 Å². The molecule has 0 aliphatic heterocycles. The largest absolute Gasteiger partial charge is 0.423 e. The summed E-state index contributed by atoms with van der Waals surface area (Å²) in [6.07, 6.45) is -0.678. The number of hydrogen-bond donors (Lipinski definition) is 1. The van der Waals surface area contributed by atoms with E-state index in [2.05, 4.69) is 29.0 Å². The summed E-state index contributed by atoms with van der Waals surface area (Å²) < 4.78 is 43.8. The maximum atomic E-state index is 12.6. The third-order valence-corrected chi connectivity index (χ3v) is 5.50. The number of nitrogens with one attached hydrogen (secondary N) is 1. The predicted molar refractivity (Wildman–Crippen MR) is 129 cm³/mol. The number of alkyl halides is 3. The molecule has 34 heavy (non-hydrogen) atoms. The Labute approximate surface area is 197 Å². The fourth-order valence-electron chi connectivity index (χ4n) is 3.46. The van der Waals surface area contributed by atoms with Crippen molar-refractivity contribution in [1.82, 2.24) is 9.88 Å². The fraction of sp³-hybridized carbons (Fsp3) is 0.360. The first-order valence-corrected chi connectivity index (χ1v) is 11.2. The second-order valence-corrected chi connectivity index (χ2v) is 7.92. The molecule has 3 rings (SSSR count). The molecule has 0 aliphatic carbocycles. The van der Waals surface area contributed by atoms with Crippen molar-refractivity contribution in [2.45, 2.75) is 26.4 Å². The molecule has 0 fully saturated rings. The fourth-order valence-corrected chi connectivity index (χ4v) is 3.46. The molecule has 0 radical (unpaired) electrons. The van der Waals surface area contributed by atoms with Gasteiger partial charge in [-0.1, -0.05) is 26.0 Å². The Hall–Kier alpha value is -3.33. The summed E-state index contributed by atoms with van der Waals surface area (Å²) in [6.45, 7) is 8.16. The Morgan fingerprint density at radius 2 is 1.79 bits per heavy atom. The quantitative estimate of drug-likeness (QED) is 0.384. The predicted octanol–water partition coefficient (Wildman–Crippen LogP) is 5.67. The number of carbonyl (C=O) groups excluding carboxylic acids is 1. The first-order valence-electron chi connectivity index (χ1n) is 11.2. The summed E-state index contributed by atoms with van der Waals surface area (Å²) in [6, 6.07) is 10.3. The zero-order valence-electron chi connectivity index (χ0n) is 19.5. The molecule has 1 N–H and O–H groups in total. The van der Waals surface area contributed by atoms with Crippen LogP contribution in [0.2, 0.25) is 0 Å². The van der Waals surface area contributed by atoms with E-state index in [0.29, 0.717) is 28.4 Å². The van der Waals surface area contributed by atoms with Gasteiger partial charge in [0, 0.05) is 25.4 Å². The lowest BCUT2D eigenvalue weighted by Crippen LogP contribution is -2.28. The molecule has 3 aromatic rings. The first kappa shape index (κ1) is 25.3. The van der Waals surface area contributed by atoms with Crippen LogP contribution in [-0.2, 0) is 11.0 Å². The van der Waals surface area contributed by atoms with Crippen LogP contribution in [0.15, 0.2) is 53.0 Å². The van der Waals surface area contributed by atoms with Gasteiger partial charge in [0.15, 0.2) is 5.58 Å². The van der Waals surface area contributed by atoms with E-state index in [1.807, 2.05) is 11.9 Å². The molecular formula is C25H29F3N4O2. The highest BCUT2D eigenvalue weighted by Gasteiger charge is 2.29. The van der Waals surface area contributed by atoms with Crippen LogP contribution < -0.4 is 10.2 Å². The number of nitrogens with zero attached hydrogens (tertiary/aromatic N) is 3. The Morgan fingerprint density at radius 1 is 1.09 bits per heavy atom. The smallest absolute Gasteiger partial charge is 0.416 e. The molecule has 0 atom stereocenters. The van der Waals surface area contributed by atoms with Gasteiger partial charge < -0.3 is 19.5 Å². The molecule has 0 aliphatic rings. The number of halogens is 3. The average Bonchev–Trinajstić information content (AvgIpc) is 3.24. The Morgan fingerprint density at radius 3 is 2.44 bits per heavy atom. The third-order valence-electron chi connectivity index (χ3n) is 5.50. The third kappa shape index (κ3) is 6.84. The lowest BCUT2D eigenvalue weighted by Gasteiger charge is -2.20. The van der Waals surface area contributed by atoms with Crippen molar-refractivity contribution in [2.24, 2.45) is 0 Å². The highest BCUT2D eigenvalue weighted by molar-refractivity contribution is 6.02. The van der Waals surface area contributed by atoms with Gasteiger partial charge in [0.1, 0.15) is 5.52 Å². The van der Waals surface area contributed by atoms with E-state index in [1.54, 1.807) is 18.2 Å². The van der Waals surface area contributed by atoms with E-state index in [1.165, 1.54) is 24.3 Å². The van der Waals surface area contributed by atoms with Crippen LogP contribution in [-0.4, -0.2) is 49.0 Å². The highest BCUT2D eigenvalue weighted by atomic mass is 19.4. The normalized spacial score (nSPS) is 12.1. The summed E-state index contributed by atoms with van der Waals surface area (Å²) in [7, 11) is 1.93. The monoisotopic (exact) mass is 474 g/mol. The molecule has 182 valence electrons. The SMILES string of the molecule is CCN(CC)CCCN(C)c1nc2cc(NC(=O)/C=C/c3ccc(C(F)(F)F)cc3)ccc2o1. The van der Waals surface area contributed by atoms with Crippen LogP contribution in [0, 0.1) is 0 Å². The lowest BCUT2D eigenvalue weighted by molar-refractivity contribution is -0.137. The standard InChI is InChI=1S/C25H29F3N4O2/c1-4-32(5-2)16-6-15-31(3)24-30-21-17-20(12-13-22(21)34-24)29-23(33)14-9-18-7-10-19(11-8-18)25(26,27)28/h7-14,17H,4-6,15-16H2,1-3H3,(H,29,33)/b14-9+. The average molecular weight is 475 g/mol. The number of rotatable bonds is 10. The number of oxazole rings is 1. The van der Waals surface area contributed by atoms with Gasteiger partial charge in [-0.15, -0.1) is 0 Å². The topological polar surface area (TPSA) is 61.6 Å². The van der Waals surface area contributed by atoms with Crippen LogP contribution in [0.1, 0.15) is 31.4 Å². The zero-order chi connectivity index (χ0) is 24.7. The maximum absolute atomic E-state index is 12.6. The maximum Gasteiger partial charge on any atom is 0.416 e. The molecule has 1 aromatic heterocycles. The number of aromatic nitrogens is 1. The van der Waals surface area contributed by atoms with E-state index in [-0.39, 0.29) is 0 Å². The number of anilines is 2. The molecule has 0 spiro atoms. The van der Waals surface area contributed by atoms with Crippen LogP contribution >= 0.6 is 0 Å². The molecule has 9 heteroatoms. The van der Waals surface area contributed by atoms with Gasteiger partial charge in [-0.05, 0) is 68.0 Å². The minimum Gasteiger partial charge on any atom is -0.423 e. The summed E-state index contributed by atoms with van der Waals surface area (Å²) in [5, 5.41) is 2.73. The van der Waals surface area contributed by atoms with Gasteiger partial charge in [0.25, 0.3) is 6.01 Å². The summed E-state index contributed by atoms with van der Waals surface area (Å²) >= 11 is 0. The zero-order valence-corrected chi connectivity index (χ0v) is 19.5. The van der Waals surface area contributed by atoms with Crippen molar-refractivity contribution < 1.29 is 22.4 Å². The summed E-state index contributed by atoms with van der Waals surface area (Å²) in [4.78, 5) is 21.1. The van der Waals surface area contributed by atoms with E-state index < -0.39 is 17.6 Å². The van der Waals surface area contributed by atoms with Crippen LogP contribution in [0.5, 0.6) is 0 Å². The number of fused-ring (bicyclic) bond motifs is 1. The van der Waals surface area contributed by atoms with Crippen LogP contribution in [0.4, 0.5) is 24.9 Å². The number of benzene rings is 2. The summed E-state index contributed by atoms with van der Waals surface area (Å²) in [5.74, 6) is -0.406. The first-order chi connectivity index (χ1) is 16.2. The van der Waals surface area contributed by atoms with Gasteiger partial charge in [0.05, 0.1) is 5.56 Å². The highest BCUT2D eigenvalue weighted by Crippen LogP contribution is 2.29. The Balaban J connectivity index is 1.59. The number of amides is 1. The molecule has 2 aromatic carbocycles. The molecule has 0 unspecified atom stereocenters. The van der Waals surface area contributed by atoms with Gasteiger partial charge in [0.2, 0.25) is 5.91 Å². The molecule has 6 nitrogen and oxygen atoms in total. The van der Waals surface area contributed by atoms with E-state index in [0.717, 1.165) is 44.7 Å². The van der Waals surface area contributed by atoms with Crippen molar-refractivity contribution >= 4 is 34.8 Å². The molecule has 0 saturated carbocycles. The van der Waals surface area contributed by atoms with Gasteiger partial charge in [-0.25, -0.2) is 0 Å². The van der Waals surface area contributed by atoms with Crippen molar-refractivity contribution in [2.75, 3.05) is 43.4 Å². The van der Waals surface area contributed by atoms with Gasteiger partial charge >= 0.3 is 6.18 Å².